The number of carbonyl (C=O) groups is 1. The van der Waals surface area contributed by atoms with Gasteiger partial charge in [0, 0.05) is 24.2 Å². The fraction of sp³-hybridized carbons (Fsp3) is 0.167. The molecule has 1 heterocycles. The van der Waals surface area contributed by atoms with Crippen molar-refractivity contribution in [1.29, 1.82) is 0 Å². The van der Waals surface area contributed by atoms with E-state index in [9.17, 15) is 4.79 Å². The van der Waals surface area contributed by atoms with Crippen molar-refractivity contribution < 1.29 is 4.79 Å². The Kier molecular flexibility index (Phi) is 4.07. The van der Waals surface area contributed by atoms with Gasteiger partial charge in [0.2, 0.25) is 0 Å². The SMILES string of the molecule is O=C1C=CN(Cc2ccccc2)[C@@H](c2ccccc2Cl)C1. The fourth-order valence-electron chi connectivity index (χ4n) is 2.65. The van der Waals surface area contributed by atoms with Crippen LogP contribution in [0.1, 0.15) is 23.6 Å². The molecule has 3 rings (SSSR count). The number of hydrogen-bond donors (Lipinski definition) is 0. The van der Waals surface area contributed by atoms with Crippen LogP contribution in [0, 0.1) is 0 Å². The molecule has 0 amide bonds. The first-order valence-electron chi connectivity index (χ1n) is 6.99. The van der Waals surface area contributed by atoms with Crippen LogP contribution in [0.15, 0.2) is 66.9 Å². The molecule has 3 heteroatoms. The van der Waals surface area contributed by atoms with Crippen LogP contribution >= 0.6 is 11.6 Å². The minimum Gasteiger partial charge on any atom is -0.366 e. The van der Waals surface area contributed by atoms with Crippen molar-refractivity contribution in [3.8, 4) is 0 Å². The van der Waals surface area contributed by atoms with Crippen LogP contribution in [-0.4, -0.2) is 10.7 Å². The van der Waals surface area contributed by atoms with E-state index in [-0.39, 0.29) is 11.8 Å². The Balaban J connectivity index is 1.91. The van der Waals surface area contributed by atoms with Crippen LogP contribution in [-0.2, 0) is 11.3 Å². The molecular weight excluding hydrogens is 282 g/mol. The molecule has 106 valence electrons. The van der Waals surface area contributed by atoms with Crippen LogP contribution in [0.25, 0.3) is 0 Å². The molecule has 0 N–H and O–H groups in total. The van der Waals surface area contributed by atoms with E-state index in [1.54, 1.807) is 6.08 Å². The minimum absolute atomic E-state index is 0.00333. The van der Waals surface area contributed by atoms with Gasteiger partial charge in [-0.15, -0.1) is 0 Å². The zero-order valence-corrected chi connectivity index (χ0v) is 12.3. The molecule has 2 aromatic carbocycles. The number of benzene rings is 2. The molecule has 0 aromatic heterocycles. The van der Waals surface area contributed by atoms with Crippen LogP contribution in [0.5, 0.6) is 0 Å². The number of rotatable bonds is 3. The largest absolute Gasteiger partial charge is 0.366 e. The molecule has 0 aliphatic carbocycles. The van der Waals surface area contributed by atoms with Crippen LogP contribution < -0.4 is 0 Å². The predicted octanol–water partition coefficient (Wildman–Crippen LogP) is 4.37. The van der Waals surface area contributed by atoms with Crippen LogP contribution in [0.4, 0.5) is 0 Å². The van der Waals surface area contributed by atoms with Gasteiger partial charge in [-0.05, 0) is 23.3 Å². The summed E-state index contributed by atoms with van der Waals surface area (Å²) >= 11 is 6.31. The summed E-state index contributed by atoms with van der Waals surface area (Å²) in [5.74, 6) is 0.143. The Morgan fingerprint density at radius 1 is 1.05 bits per heavy atom. The highest BCUT2D eigenvalue weighted by Gasteiger charge is 2.25. The fourth-order valence-corrected chi connectivity index (χ4v) is 2.91. The molecular formula is C18H16ClNO. The van der Waals surface area contributed by atoms with E-state index >= 15 is 0 Å². The first-order chi connectivity index (χ1) is 10.2. The lowest BCUT2D eigenvalue weighted by atomic mass is 9.96. The molecule has 0 saturated carbocycles. The average molecular weight is 298 g/mol. The number of ketones is 1. The lowest BCUT2D eigenvalue weighted by molar-refractivity contribution is -0.116. The van der Waals surface area contributed by atoms with Gasteiger partial charge in [0.1, 0.15) is 0 Å². The van der Waals surface area contributed by atoms with E-state index < -0.39 is 0 Å². The van der Waals surface area contributed by atoms with Gasteiger partial charge in [0.05, 0.1) is 6.04 Å². The van der Waals surface area contributed by atoms with E-state index in [2.05, 4.69) is 17.0 Å². The van der Waals surface area contributed by atoms with Crippen molar-refractivity contribution in [2.24, 2.45) is 0 Å². The van der Waals surface area contributed by atoms with Gasteiger partial charge in [-0.2, -0.15) is 0 Å². The summed E-state index contributed by atoms with van der Waals surface area (Å²) in [5, 5.41) is 0.712. The maximum atomic E-state index is 11.8. The van der Waals surface area contributed by atoms with Crippen molar-refractivity contribution in [2.75, 3.05) is 0 Å². The molecule has 1 atom stereocenters. The number of halogens is 1. The summed E-state index contributed by atoms with van der Waals surface area (Å²) in [6.07, 6.45) is 4.00. The zero-order chi connectivity index (χ0) is 14.7. The molecule has 2 aromatic rings. The Labute approximate surface area is 129 Å². The average Bonchev–Trinajstić information content (AvgIpc) is 2.51. The van der Waals surface area contributed by atoms with E-state index in [0.717, 1.165) is 12.1 Å². The summed E-state index contributed by atoms with van der Waals surface area (Å²) < 4.78 is 0. The van der Waals surface area contributed by atoms with Crippen molar-refractivity contribution in [3.05, 3.63) is 83.0 Å². The third-order valence-electron chi connectivity index (χ3n) is 3.72. The van der Waals surface area contributed by atoms with Gasteiger partial charge < -0.3 is 4.90 Å². The first-order valence-corrected chi connectivity index (χ1v) is 7.37. The van der Waals surface area contributed by atoms with Gasteiger partial charge in [0.15, 0.2) is 5.78 Å². The maximum Gasteiger partial charge on any atom is 0.159 e. The van der Waals surface area contributed by atoms with Gasteiger partial charge in [-0.25, -0.2) is 0 Å². The first kappa shape index (κ1) is 13.9. The van der Waals surface area contributed by atoms with E-state index in [1.807, 2.05) is 48.7 Å². The highest BCUT2D eigenvalue weighted by atomic mass is 35.5. The molecule has 2 nitrogen and oxygen atoms in total. The van der Waals surface area contributed by atoms with Gasteiger partial charge >= 0.3 is 0 Å². The van der Waals surface area contributed by atoms with Gasteiger partial charge in [0.25, 0.3) is 0 Å². The molecule has 1 aliphatic heterocycles. The summed E-state index contributed by atoms with van der Waals surface area (Å²) in [7, 11) is 0. The number of nitrogens with zero attached hydrogens (tertiary/aromatic N) is 1. The predicted molar refractivity (Wildman–Crippen MR) is 84.9 cm³/mol. The second kappa shape index (κ2) is 6.15. The van der Waals surface area contributed by atoms with E-state index in [0.29, 0.717) is 11.4 Å². The number of allylic oxidation sites excluding steroid dienone is 1. The van der Waals surface area contributed by atoms with E-state index in [1.165, 1.54) is 5.56 Å². The van der Waals surface area contributed by atoms with Crippen molar-refractivity contribution in [2.45, 2.75) is 19.0 Å². The number of carbonyl (C=O) groups excluding carboxylic acids is 1. The van der Waals surface area contributed by atoms with Crippen LogP contribution in [0.2, 0.25) is 5.02 Å². The Bertz CT molecular complexity index is 666. The highest BCUT2D eigenvalue weighted by Crippen LogP contribution is 2.33. The molecule has 0 radical (unpaired) electrons. The van der Waals surface area contributed by atoms with Gasteiger partial charge in [-0.1, -0.05) is 60.1 Å². The molecule has 0 saturated heterocycles. The standard InChI is InChI=1S/C18H16ClNO/c19-17-9-5-4-8-16(17)18-12-15(21)10-11-20(18)13-14-6-2-1-3-7-14/h1-11,18H,12-13H2/t18-/m1/s1. The van der Waals surface area contributed by atoms with Crippen molar-refractivity contribution in [1.82, 2.24) is 4.90 Å². The lowest BCUT2D eigenvalue weighted by Gasteiger charge is -2.33. The smallest absolute Gasteiger partial charge is 0.159 e. The summed E-state index contributed by atoms with van der Waals surface area (Å²) in [4.78, 5) is 14.0. The summed E-state index contributed by atoms with van der Waals surface area (Å²) in [5.41, 5.74) is 2.22. The summed E-state index contributed by atoms with van der Waals surface area (Å²) in [6.45, 7) is 0.764. The number of hydrogen-bond acceptors (Lipinski definition) is 2. The minimum atomic E-state index is -0.00333. The zero-order valence-electron chi connectivity index (χ0n) is 11.6. The highest BCUT2D eigenvalue weighted by molar-refractivity contribution is 6.31. The second-order valence-corrected chi connectivity index (χ2v) is 5.59. The molecule has 1 aliphatic rings. The monoisotopic (exact) mass is 297 g/mol. The van der Waals surface area contributed by atoms with E-state index in [4.69, 9.17) is 11.6 Å². The summed E-state index contributed by atoms with van der Waals surface area (Å²) in [6, 6.07) is 18.0. The normalized spacial score (nSPS) is 18.0. The molecule has 0 unspecified atom stereocenters. The Morgan fingerprint density at radius 3 is 2.52 bits per heavy atom. The Morgan fingerprint density at radius 2 is 1.76 bits per heavy atom. The molecule has 0 bridgehead atoms. The molecule has 0 fully saturated rings. The third-order valence-corrected chi connectivity index (χ3v) is 4.06. The molecule has 0 spiro atoms. The lowest BCUT2D eigenvalue weighted by Crippen LogP contribution is -2.29. The Hall–Kier alpha value is -2.06. The van der Waals surface area contributed by atoms with Crippen molar-refractivity contribution >= 4 is 17.4 Å². The topological polar surface area (TPSA) is 20.3 Å². The molecule has 21 heavy (non-hydrogen) atoms. The van der Waals surface area contributed by atoms with Gasteiger partial charge in [-0.3, -0.25) is 4.79 Å². The quantitative estimate of drug-likeness (QED) is 0.838. The van der Waals surface area contributed by atoms with Crippen molar-refractivity contribution in [3.63, 3.8) is 0 Å². The maximum absolute atomic E-state index is 11.8. The third kappa shape index (κ3) is 3.17. The van der Waals surface area contributed by atoms with Crippen LogP contribution in [0.3, 0.4) is 0 Å². The second-order valence-electron chi connectivity index (χ2n) is 5.18.